The number of hydrogen-bond acceptors (Lipinski definition) is 5. The Labute approximate surface area is 92.0 Å². The molecule has 0 aromatic rings. The van der Waals surface area contributed by atoms with Gasteiger partial charge in [0.2, 0.25) is 0 Å². The fourth-order valence-corrected chi connectivity index (χ4v) is 1.72. The molecule has 15 heavy (non-hydrogen) atoms. The second-order valence-corrected chi connectivity index (χ2v) is 3.79. The van der Waals surface area contributed by atoms with Crippen LogP contribution in [0, 0.1) is 0 Å². The van der Waals surface area contributed by atoms with Gasteiger partial charge in [0.25, 0.3) is 6.47 Å². The summed E-state index contributed by atoms with van der Waals surface area (Å²) in [6, 6.07) is 0. The van der Waals surface area contributed by atoms with Crippen LogP contribution in [0.3, 0.4) is 0 Å². The molecule has 0 bridgehead atoms. The monoisotopic (exact) mass is 238 g/mol. The molecule has 0 rings (SSSR count). The van der Waals surface area contributed by atoms with Crippen molar-refractivity contribution in [3.8, 4) is 0 Å². The molecule has 0 heterocycles. The van der Waals surface area contributed by atoms with Crippen molar-refractivity contribution < 1.29 is 23.1 Å². The summed E-state index contributed by atoms with van der Waals surface area (Å²) in [4.78, 5) is 9.83. The number of unbranched alkanes of at least 4 members (excludes halogenated alkanes) is 1. The first kappa shape index (κ1) is 14.8. The topological polar surface area (TPSA) is 54.0 Å². The van der Waals surface area contributed by atoms with Gasteiger partial charge in [-0.15, -0.1) is 0 Å². The highest BCUT2D eigenvalue weighted by Crippen LogP contribution is 2.39. The molecule has 0 aliphatic rings. The quantitative estimate of drug-likeness (QED) is 0.314. The van der Waals surface area contributed by atoms with Crippen LogP contribution in [-0.2, 0) is 23.1 Å². The predicted molar refractivity (Wildman–Crippen MR) is 57.4 cm³/mol. The average molecular weight is 238 g/mol. The summed E-state index contributed by atoms with van der Waals surface area (Å²) in [6.45, 7) is 6.42. The Morgan fingerprint density at radius 1 is 1.00 bits per heavy atom. The smallest absolute Gasteiger partial charge is 0.332 e. The molecule has 0 atom stereocenters. The molecule has 0 unspecified atom stereocenters. The van der Waals surface area contributed by atoms with Crippen LogP contribution in [0.4, 0.5) is 0 Å². The maximum atomic E-state index is 9.83. The van der Waals surface area contributed by atoms with Gasteiger partial charge in [0.15, 0.2) is 0 Å². The molecule has 0 aliphatic carbocycles. The highest BCUT2D eigenvalue weighted by Gasteiger charge is 2.09. The molecule has 0 amide bonds. The van der Waals surface area contributed by atoms with Crippen LogP contribution in [0.5, 0.6) is 0 Å². The van der Waals surface area contributed by atoms with Crippen LogP contribution >= 0.6 is 8.60 Å². The maximum absolute atomic E-state index is 9.83. The predicted octanol–water partition coefficient (Wildman–Crippen LogP) is 2.26. The molecule has 0 aromatic heterocycles. The minimum absolute atomic E-state index is 0.439. The van der Waals surface area contributed by atoms with Crippen LogP contribution in [0.2, 0.25) is 0 Å². The number of rotatable bonds is 11. The molecular weight excluding hydrogens is 219 g/mol. The Morgan fingerprint density at radius 3 is 2.13 bits per heavy atom. The lowest BCUT2D eigenvalue weighted by molar-refractivity contribution is -0.128. The van der Waals surface area contributed by atoms with Gasteiger partial charge >= 0.3 is 8.60 Å². The standard InChI is InChI=1S/C9H19O5P/c1-3-12-15(13-4-2)14-8-6-5-7-11-9-10/h9H,3-8H2,1-2H3. The zero-order valence-electron chi connectivity index (χ0n) is 9.31. The number of hydrogen-bond donors (Lipinski definition) is 0. The number of carbonyl (C=O) groups is 1. The Morgan fingerprint density at radius 2 is 1.60 bits per heavy atom. The van der Waals surface area contributed by atoms with Crippen molar-refractivity contribution in [2.45, 2.75) is 26.7 Å². The Kier molecular flexibility index (Phi) is 11.7. The van der Waals surface area contributed by atoms with Crippen molar-refractivity contribution in [2.75, 3.05) is 26.4 Å². The van der Waals surface area contributed by atoms with Crippen LogP contribution in [-0.4, -0.2) is 32.9 Å². The van der Waals surface area contributed by atoms with Crippen LogP contribution < -0.4 is 0 Å². The molecule has 0 N–H and O–H groups in total. The van der Waals surface area contributed by atoms with E-state index in [1.165, 1.54) is 0 Å². The third-order valence-electron chi connectivity index (χ3n) is 1.39. The van der Waals surface area contributed by atoms with E-state index in [1.807, 2.05) is 13.8 Å². The molecule has 0 aromatic carbocycles. The van der Waals surface area contributed by atoms with E-state index < -0.39 is 8.60 Å². The first-order chi connectivity index (χ1) is 7.35. The number of carbonyl (C=O) groups excluding carboxylic acids is 1. The summed E-state index contributed by atoms with van der Waals surface area (Å²) in [5.41, 5.74) is 0. The first-order valence-electron chi connectivity index (χ1n) is 5.09. The van der Waals surface area contributed by atoms with E-state index in [1.54, 1.807) is 0 Å². The molecule has 0 saturated carbocycles. The van der Waals surface area contributed by atoms with Gasteiger partial charge in [-0.2, -0.15) is 0 Å². The zero-order chi connectivity index (χ0) is 11.4. The molecule has 6 heteroatoms. The highest BCUT2D eigenvalue weighted by molar-refractivity contribution is 7.41. The van der Waals surface area contributed by atoms with Gasteiger partial charge in [-0.25, -0.2) is 0 Å². The third kappa shape index (κ3) is 10.1. The van der Waals surface area contributed by atoms with Crippen molar-refractivity contribution in [1.29, 1.82) is 0 Å². The van der Waals surface area contributed by atoms with E-state index >= 15 is 0 Å². The van der Waals surface area contributed by atoms with Crippen LogP contribution in [0.1, 0.15) is 26.7 Å². The lowest BCUT2D eigenvalue weighted by Crippen LogP contribution is -1.99. The lowest BCUT2D eigenvalue weighted by atomic mass is 10.3. The summed E-state index contributed by atoms with van der Waals surface area (Å²) in [7, 11) is -1.20. The molecule has 0 radical (unpaired) electrons. The van der Waals surface area contributed by atoms with Gasteiger partial charge < -0.3 is 18.3 Å². The Bertz CT molecular complexity index is 138. The van der Waals surface area contributed by atoms with Gasteiger partial charge in [0.05, 0.1) is 26.4 Å². The molecule has 0 spiro atoms. The minimum Gasteiger partial charge on any atom is -0.468 e. The lowest BCUT2D eigenvalue weighted by Gasteiger charge is -2.14. The SMILES string of the molecule is CCOP(OCC)OCCCCOC=O. The second-order valence-electron chi connectivity index (χ2n) is 2.57. The molecule has 0 aliphatic heterocycles. The van der Waals surface area contributed by atoms with Gasteiger partial charge in [-0.05, 0) is 26.7 Å². The maximum Gasteiger partial charge on any atom is 0.332 e. The molecule has 90 valence electrons. The van der Waals surface area contributed by atoms with Crippen molar-refractivity contribution >= 4 is 15.1 Å². The number of ether oxygens (including phenoxy) is 1. The largest absolute Gasteiger partial charge is 0.468 e. The fourth-order valence-electron chi connectivity index (χ4n) is 0.797. The Balaban J connectivity index is 3.31. The fraction of sp³-hybridized carbons (Fsp3) is 0.889. The highest BCUT2D eigenvalue weighted by atomic mass is 31.2. The normalized spacial score (nSPS) is 10.6. The van der Waals surface area contributed by atoms with E-state index in [-0.39, 0.29) is 0 Å². The zero-order valence-corrected chi connectivity index (χ0v) is 10.2. The second kappa shape index (κ2) is 11.9. The van der Waals surface area contributed by atoms with Crippen LogP contribution in [0.25, 0.3) is 0 Å². The Hall–Kier alpha value is -0.220. The molecule has 0 fully saturated rings. The molecule has 0 saturated heterocycles. The van der Waals surface area contributed by atoms with Crippen LogP contribution in [0.15, 0.2) is 0 Å². The summed E-state index contributed by atoms with van der Waals surface area (Å²) < 4.78 is 20.4. The third-order valence-corrected chi connectivity index (χ3v) is 2.72. The first-order valence-corrected chi connectivity index (χ1v) is 6.18. The van der Waals surface area contributed by atoms with Gasteiger partial charge in [0.1, 0.15) is 0 Å². The van der Waals surface area contributed by atoms with Crippen molar-refractivity contribution in [2.24, 2.45) is 0 Å². The van der Waals surface area contributed by atoms with E-state index in [9.17, 15) is 4.79 Å². The van der Waals surface area contributed by atoms with Crippen molar-refractivity contribution in [3.63, 3.8) is 0 Å². The van der Waals surface area contributed by atoms with Gasteiger partial charge in [-0.1, -0.05) is 0 Å². The summed E-state index contributed by atoms with van der Waals surface area (Å²) in [6.07, 6.45) is 1.62. The average Bonchev–Trinajstić information content (AvgIpc) is 2.24. The van der Waals surface area contributed by atoms with Crippen molar-refractivity contribution in [1.82, 2.24) is 0 Å². The minimum atomic E-state index is -1.20. The van der Waals surface area contributed by atoms with Crippen molar-refractivity contribution in [3.05, 3.63) is 0 Å². The van der Waals surface area contributed by atoms with E-state index in [2.05, 4.69) is 4.74 Å². The van der Waals surface area contributed by atoms with E-state index in [0.29, 0.717) is 32.9 Å². The van der Waals surface area contributed by atoms with Gasteiger partial charge in [-0.3, -0.25) is 4.79 Å². The van der Waals surface area contributed by atoms with Gasteiger partial charge in [0, 0.05) is 0 Å². The van der Waals surface area contributed by atoms with E-state index in [4.69, 9.17) is 13.6 Å². The summed E-state index contributed by atoms with van der Waals surface area (Å²) in [5, 5.41) is 0. The molecular formula is C9H19O5P. The summed E-state index contributed by atoms with van der Waals surface area (Å²) >= 11 is 0. The summed E-state index contributed by atoms with van der Waals surface area (Å²) in [5.74, 6) is 0. The molecule has 5 nitrogen and oxygen atoms in total. The van der Waals surface area contributed by atoms with E-state index in [0.717, 1.165) is 12.8 Å².